The number of methoxy groups -OCH3 is 2. The molecule has 0 aliphatic carbocycles. The Hall–Kier alpha value is -1.79. The van der Waals surface area contributed by atoms with Gasteiger partial charge in [0, 0.05) is 13.7 Å². The molecule has 6 heteroatoms. The molecule has 0 bridgehead atoms. The van der Waals surface area contributed by atoms with E-state index in [1.807, 2.05) is 25.1 Å². The van der Waals surface area contributed by atoms with Gasteiger partial charge in [-0.25, -0.2) is 0 Å². The van der Waals surface area contributed by atoms with E-state index < -0.39 is 0 Å². The molecule has 128 valence electrons. The van der Waals surface area contributed by atoms with Crippen molar-refractivity contribution in [3.63, 3.8) is 0 Å². The van der Waals surface area contributed by atoms with Gasteiger partial charge in [0.25, 0.3) is 5.91 Å². The Morgan fingerprint density at radius 3 is 2.65 bits per heavy atom. The molecule has 1 fully saturated rings. The maximum atomic E-state index is 12.1. The number of nitrogens with zero attached hydrogens (tertiary/aromatic N) is 1. The Kier molecular flexibility index (Phi) is 6.67. The number of nitrogens with one attached hydrogen (secondary N) is 2. The van der Waals surface area contributed by atoms with Crippen molar-refractivity contribution in [1.29, 1.82) is 0 Å². The average Bonchev–Trinajstić information content (AvgIpc) is 2.61. The van der Waals surface area contributed by atoms with Gasteiger partial charge in [-0.3, -0.25) is 4.79 Å². The highest BCUT2D eigenvalue weighted by atomic mass is 16.5. The summed E-state index contributed by atoms with van der Waals surface area (Å²) >= 11 is 0. The van der Waals surface area contributed by atoms with E-state index in [9.17, 15) is 4.79 Å². The van der Waals surface area contributed by atoms with Crippen molar-refractivity contribution in [2.75, 3.05) is 58.5 Å². The molecule has 1 aromatic carbocycles. The summed E-state index contributed by atoms with van der Waals surface area (Å²) < 4.78 is 10.4. The van der Waals surface area contributed by atoms with Crippen LogP contribution in [0, 0.1) is 0 Å². The fourth-order valence-corrected chi connectivity index (χ4v) is 2.97. The largest absolute Gasteiger partial charge is 0.495 e. The number of hydrogen-bond donors (Lipinski definition) is 2. The Morgan fingerprint density at radius 2 is 2.00 bits per heavy atom. The Morgan fingerprint density at radius 1 is 1.30 bits per heavy atom. The highest BCUT2D eigenvalue weighted by molar-refractivity contribution is 5.79. The third kappa shape index (κ3) is 4.59. The quantitative estimate of drug-likeness (QED) is 0.668. The van der Waals surface area contributed by atoms with Crippen LogP contribution in [0.1, 0.15) is 6.92 Å². The molecule has 1 heterocycles. The van der Waals surface area contributed by atoms with E-state index in [1.165, 1.54) is 4.90 Å². The Bertz CT molecular complexity index is 502. The Balaban J connectivity index is 1.87. The van der Waals surface area contributed by atoms with Gasteiger partial charge >= 0.3 is 0 Å². The van der Waals surface area contributed by atoms with E-state index in [4.69, 9.17) is 9.47 Å². The normalized spacial score (nSPS) is 16.9. The fourth-order valence-electron chi connectivity index (χ4n) is 2.97. The molecule has 1 atom stereocenters. The molecule has 2 N–H and O–H groups in total. The number of quaternary nitrogens is 1. The molecule has 1 aliphatic rings. The summed E-state index contributed by atoms with van der Waals surface area (Å²) in [6.07, 6.45) is 0. The van der Waals surface area contributed by atoms with E-state index >= 15 is 0 Å². The fraction of sp³-hybridized carbons (Fsp3) is 0.588. The van der Waals surface area contributed by atoms with Gasteiger partial charge in [0.05, 0.1) is 45.6 Å². The lowest BCUT2D eigenvalue weighted by Crippen LogP contribution is -3.19. The zero-order valence-electron chi connectivity index (χ0n) is 14.3. The predicted octanol–water partition coefficient (Wildman–Crippen LogP) is -0.449. The van der Waals surface area contributed by atoms with Crippen molar-refractivity contribution in [3.8, 4) is 5.75 Å². The van der Waals surface area contributed by atoms with Crippen LogP contribution in [-0.4, -0.2) is 65.5 Å². The smallest absolute Gasteiger partial charge is 0.278 e. The SMILES string of the molecule is COCCNC(=O)[C@@H](C)[NH+]1CCN(c2ccccc2OC)CC1. The molecule has 0 radical (unpaired) electrons. The first kappa shape index (κ1) is 17.6. The van der Waals surface area contributed by atoms with E-state index in [-0.39, 0.29) is 11.9 Å². The van der Waals surface area contributed by atoms with E-state index in [0.29, 0.717) is 13.2 Å². The van der Waals surface area contributed by atoms with Crippen molar-refractivity contribution in [2.45, 2.75) is 13.0 Å². The molecule has 0 unspecified atom stereocenters. The zero-order valence-corrected chi connectivity index (χ0v) is 14.3. The van der Waals surface area contributed by atoms with Crippen LogP contribution in [0.25, 0.3) is 0 Å². The number of hydrogen-bond acceptors (Lipinski definition) is 4. The number of piperazine rings is 1. The molecule has 6 nitrogen and oxygen atoms in total. The average molecular weight is 322 g/mol. The second-order valence-electron chi connectivity index (χ2n) is 5.82. The highest BCUT2D eigenvalue weighted by Gasteiger charge is 2.29. The topological polar surface area (TPSA) is 55.2 Å². The number of ether oxygens (including phenoxy) is 2. The second-order valence-corrected chi connectivity index (χ2v) is 5.82. The molecule has 1 aliphatic heterocycles. The second kappa shape index (κ2) is 8.74. The van der Waals surface area contributed by atoms with Gasteiger partial charge in [-0.05, 0) is 19.1 Å². The van der Waals surface area contributed by atoms with Gasteiger partial charge in [0.15, 0.2) is 6.04 Å². The molecular weight excluding hydrogens is 294 g/mol. The Labute approximate surface area is 138 Å². The van der Waals surface area contributed by atoms with E-state index in [1.54, 1.807) is 14.2 Å². The molecule has 0 spiro atoms. The number of amides is 1. The molecule has 23 heavy (non-hydrogen) atoms. The summed E-state index contributed by atoms with van der Waals surface area (Å²) in [6.45, 7) is 6.84. The number of carbonyl (C=O) groups excluding carboxylic acids is 1. The van der Waals surface area contributed by atoms with Crippen LogP contribution in [0.3, 0.4) is 0 Å². The first-order valence-corrected chi connectivity index (χ1v) is 8.16. The number of para-hydroxylation sites is 2. The highest BCUT2D eigenvalue weighted by Crippen LogP contribution is 2.27. The van der Waals surface area contributed by atoms with E-state index in [0.717, 1.165) is 37.6 Å². The van der Waals surface area contributed by atoms with E-state index in [2.05, 4.69) is 16.3 Å². The minimum atomic E-state index is -0.0355. The van der Waals surface area contributed by atoms with Gasteiger partial charge in [-0.2, -0.15) is 0 Å². The molecule has 0 saturated carbocycles. The standard InChI is InChI=1S/C17H27N3O3/c1-14(17(21)18-8-13-22-2)19-9-11-20(12-10-19)15-6-4-5-7-16(15)23-3/h4-7,14H,8-13H2,1-3H3,(H,18,21)/p+1/t14-/m1/s1. The van der Waals surface area contributed by atoms with Crippen LogP contribution < -0.4 is 19.9 Å². The lowest BCUT2D eigenvalue weighted by molar-refractivity contribution is -0.914. The molecule has 0 aromatic heterocycles. The van der Waals surface area contributed by atoms with Gasteiger partial charge in [0.1, 0.15) is 5.75 Å². The van der Waals surface area contributed by atoms with Crippen molar-refractivity contribution in [1.82, 2.24) is 5.32 Å². The number of rotatable bonds is 7. The van der Waals surface area contributed by atoms with Gasteiger partial charge in [-0.15, -0.1) is 0 Å². The van der Waals surface area contributed by atoms with Crippen LogP contribution >= 0.6 is 0 Å². The molecule has 1 saturated heterocycles. The first-order valence-electron chi connectivity index (χ1n) is 8.16. The maximum absolute atomic E-state index is 12.1. The lowest BCUT2D eigenvalue weighted by atomic mass is 10.2. The number of carbonyl (C=O) groups is 1. The zero-order chi connectivity index (χ0) is 16.7. The summed E-state index contributed by atoms with van der Waals surface area (Å²) in [4.78, 5) is 15.8. The summed E-state index contributed by atoms with van der Waals surface area (Å²) in [5.41, 5.74) is 1.13. The summed E-state index contributed by atoms with van der Waals surface area (Å²) in [6, 6.07) is 8.05. The third-order valence-electron chi connectivity index (χ3n) is 4.44. The molecule has 1 amide bonds. The first-order chi connectivity index (χ1) is 11.2. The predicted molar refractivity (Wildman–Crippen MR) is 90.3 cm³/mol. The summed E-state index contributed by atoms with van der Waals surface area (Å²) in [5.74, 6) is 1.00. The van der Waals surface area contributed by atoms with Crippen molar-refractivity contribution >= 4 is 11.6 Å². The van der Waals surface area contributed by atoms with Crippen LogP contribution in [0.5, 0.6) is 5.75 Å². The minimum absolute atomic E-state index is 0.0355. The summed E-state index contributed by atoms with van der Waals surface area (Å²) in [5, 5.41) is 2.92. The van der Waals surface area contributed by atoms with Gasteiger partial charge in [0.2, 0.25) is 0 Å². The van der Waals surface area contributed by atoms with Crippen molar-refractivity contribution < 1.29 is 19.2 Å². The van der Waals surface area contributed by atoms with Crippen LogP contribution in [0.15, 0.2) is 24.3 Å². The van der Waals surface area contributed by atoms with Crippen LogP contribution in [0.2, 0.25) is 0 Å². The van der Waals surface area contributed by atoms with Crippen LogP contribution in [0.4, 0.5) is 5.69 Å². The molecular formula is C17H28N3O3+. The van der Waals surface area contributed by atoms with Gasteiger partial charge < -0.3 is 24.6 Å². The van der Waals surface area contributed by atoms with Crippen molar-refractivity contribution in [2.24, 2.45) is 0 Å². The minimum Gasteiger partial charge on any atom is -0.495 e. The lowest BCUT2D eigenvalue weighted by Gasteiger charge is -2.36. The van der Waals surface area contributed by atoms with Crippen molar-refractivity contribution in [3.05, 3.63) is 24.3 Å². The number of anilines is 1. The monoisotopic (exact) mass is 322 g/mol. The summed E-state index contributed by atoms with van der Waals surface area (Å²) in [7, 11) is 3.34. The molecule has 1 aromatic rings. The third-order valence-corrected chi connectivity index (χ3v) is 4.44. The van der Waals surface area contributed by atoms with Gasteiger partial charge in [-0.1, -0.05) is 12.1 Å². The number of benzene rings is 1. The maximum Gasteiger partial charge on any atom is 0.278 e. The van der Waals surface area contributed by atoms with Crippen LogP contribution in [-0.2, 0) is 9.53 Å². The molecule has 2 rings (SSSR count).